The summed E-state index contributed by atoms with van der Waals surface area (Å²) in [5, 5.41) is 21.0. The quantitative estimate of drug-likeness (QED) is 0.538. The van der Waals surface area contributed by atoms with E-state index in [0.717, 1.165) is 27.8 Å². The predicted octanol–water partition coefficient (Wildman–Crippen LogP) is 3.63. The first-order chi connectivity index (χ1) is 10.4. The highest BCUT2D eigenvalue weighted by Gasteiger charge is 2.09. The van der Waals surface area contributed by atoms with Crippen LogP contribution >= 0.6 is 11.3 Å². The summed E-state index contributed by atoms with van der Waals surface area (Å²) in [4.78, 5) is 1.20. The molecule has 0 fully saturated rings. The number of hydrogen-bond acceptors (Lipinski definition) is 4. The van der Waals surface area contributed by atoms with Crippen LogP contribution in [0.2, 0.25) is 0 Å². The Hall–Kier alpha value is -2.60. The van der Waals surface area contributed by atoms with Crippen LogP contribution in [0.25, 0.3) is 21.5 Å². The molecular formula is C15H13N5S. The van der Waals surface area contributed by atoms with Crippen molar-refractivity contribution in [2.75, 3.05) is 5.32 Å². The summed E-state index contributed by atoms with van der Waals surface area (Å²) in [6.45, 7) is 0.710. The van der Waals surface area contributed by atoms with E-state index in [4.69, 9.17) is 0 Å². The maximum absolute atomic E-state index is 4.16. The molecule has 21 heavy (non-hydrogen) atoms. The van der Waals surface area contributed by atoms with E-state index in [0.29, 0.717) is 6.54 Å². The molecular weight excluding hydrogens is 282 g/mol. The van der Waals surface area contributed by atoms with Crippen molar-refractivity contribution in [3.05, 3.63) is 53.7 Å². The molecule has 3 heterocycles. The van der Waals surface area contributed by atoms with Gasteiger partial charge in [0, 0.05) is 17.5 Å². The average Bonchev–Trinajstić information content (AvgIpc) is 3.23. The summed E-state index contributed by atoms with van der Waals surface area (Å²) in [5.41, 5.74) is 4.30. The highest BCUT2D eigenvalue weighted by atomic mass is 32.1. The van der Waals surface area contributed by atoms with Crippen LogP contribution in [0.4, 0.5) is 5.69 Å². The van der Waals surface area contributed by atoms with Gasteiger partial charge in [-0.2, -0.15) is 10.2 Å². The minimum atomic E-state index is 0.710. The highest BCUT2D eigenvalue weighted by Crippen LogP contribution is 2.27. The SMILES string of the molecule is c1csc(-c2[nH]ncc2CNc2cccc3cn[nH]c23)c1. The molecule has 0 unspecified atom stereocenters. The normalized spacial score (nSPS) is 11.0. The van der Waals surface area contributed by atoms with Crippen molar-refractivity contribution in [2.45, 2.75) is 6.54 Å². The van der Waals surface area contributed by atoms with Crippen molar-refractivity contribution >= 4 is 27.9 Å². The monoisotopic (exact) mass is 295 g/mol. The Morgan fingerprint density at radius 1 is 1.05 bits per heavy atom. The molecule has 3 N–H and O–H groups in total. The standard InChI is InChI=1S/C15H13N5S/c1-3-10-8-17-19-14(10)12(4-1)16-7-11-9-18-20-15(11)13-5-2-6-21-13/h1-6,8-9,16H,7H2,(H,17,19)(H,18,20). The van der Waals surface area contributed by atoms with Crippen molar-refractivity contribution in [1.29, 1.82) is 0 Å². The second kappa shape index (κ2) is 5.06. The minimum Gasteiger partial charge on any atom is -0.379 e. The van der Waals surface area contributed by atoms with E-state index < -0.39 is 0 Å². The van der Waals surface area contributed by atoms with Crippen LogP contribution in [-0.2, 0) is 6.54 Å². The molecule has 0 radical (unpaired) electrons. The van der Waals surface area contributed by atoms with Gasteiger partial charge in [-0.3, -0.25) is 10.2 Å². The van der Waals surface area contributed by atoms with Crippen LogP contribution < -0.4 is 5.32 Å². The van der Waals surface area contributed by atoms with E-state index in [1.165, 1.54) is 4.88 Å². The maximum Gasteiger partial charge on any atom is 0.0881 e. The number of fused-ring (bicyclic) bond motifs is 1. The number of anilines is 1. The molecule has 6 heteroatoms. The van der Waals surface area contributed by atoms with E-state index in [-0.39, 0.29) is 0 Å². The number of aromatic nitrogens is 4. The van der Waals surface area contributed by atoms with Gasteiger partial charge in [-0.1, -0.05) is 18.2 Å². The molecule has 0 aliphatic heterocycles. The smallest absolute Gasteiger partial charge is 0.0881 e. The fourth-order valence-electron chi connectivity index (χ4n) is 2.39. The van der Waals surface area contributed by atoms with Crippen molar-refractivity contribution in [3.8, 4) is 10.6 Å². The first kappa shape index (κ1) is 12.2. The summed E-state index contributed by atoms with van der Waals surface area (Å²) in [6, 6.07) is 10.3. The molecule has 0 saturated heterocycles. The molecule has 4 aromatic rings. The molecule has 4 rings (SSSR count). The molecule has 1 aromatic carbocycles. The Bertz CT molecular complexity index is 859. The van der Waals surface area contributed by atoms with Crippen molar-refractivity contribution in [1.82, 2.24) is 20.4 Å². The summed E-state index contributed by atoms with van der Waals surface area (Å²) in [5.74, 6) is 0. The van der Waals surface area contributed by atoms with Crippen molar-refractivity contribution in [3.63, 3.8) is 0 Å². The number of benzene rings is 1. The summed E-state index contributed by atoms with van der Waals surface area (Å²) < 4.78 is 0. The van der Waals surface area contributed by atoms with E-state index in [1.54, 1.807) is 11.3 Å². The molecule has 3 aromatic heterocycles. The average molecular weight is 295 g/mol. The number of aromatic amines is 2. The van der Waals surface area contributed by atoms with Gasteiger partial charge in [0.05, 0.1) is 34.2 Å². The molecule has 5 nitrogen and oxygen atoms in total. The van der Waals surface area contributed by atoms with Gasteiger partial charge in [-0.15, -0.1) is 11.3 Å². The third-order valence-electron chi connectivity index (χ3n) is 3.43. The lowest BCUT2D eigenvalue weighted by Gasteiger charge is -2.07. The van der Waals surface area contributed by atoms with Crippen LogP contribution in [0.5, 0.6) is 0 Å². The van der Waals surface area contributed by atoms with Gasteiger partial charge >= 0.3 is 0 Å². The Labute approximate surface area is 125 Å². The van der Waals surface area contributed by atoms with Gasteiger partial charge in [0.25, 0.3) is 0 Å². The molecule has 0 aliphatic carbocycles. The first-order valence-electron chi connectivity index (χ1n) is 6.64. The summed E-state index contributed by atoms with van der Waals surface area (Å²) in [7, 11) is 0. The third kappa shape index (κ3) is 2.19. The lowest BCUT2D eigenvalue weighted by Crippen LogP contribution is -2.00. The zero-order valence-corrected chi connectivity index (χ0v) is 11.9. The van der Waals surface area contributed by atoms with E-state index in [1.807, 2.05) is 36.7 Å². The first-order valence-corrected chi connectivity index (χ1v) is 7.52. The lowest BCUT2D eigenvalue weighted by atomic mass is 10.2. The number of nitrogens with zero attached hydrogens (tertiary/aromatic N) is 2. The maximum atomic E-state index is 4.16. The van der Waals surface area contributed by atoms with E-state index in [9.17, 15) is 0 Å². The fraction of sp³-hybridized carbons (Fsp3) is 0.0667. The van der Waals surface area contributed by atoms with Crippen LogP contribution in [0.1, 0.15) is 5.56 Å². The van der Waals surface area contributed by atoms with Gasteiger partial charge in [0.2, 0.25) is 0 Å². The third-order valence-corrected chi connectivity index (χ3v) is 4.32. The Morgan fingerprint density at radius 3 is 2.90 bits per heavy atom. The fourth-order valence-corrected chi connectivity index (χ4v) is 3.14. The molecule has 0 aliphatic rings. The van der Waals surface area contributed by atoms with Crippen LogP contribution in [0, 0.1) is 0 Å². The molecule has 104 valence electrons. The number of hydrogen-bond donors (Lipinski definition) is 3. The van der Waals surface area contributed by atoms with Crippen LogP contribution in [0.15, 0.2) is 48.1 Å². The zero-order chi connectivity index (χ0) is 14.1. The second-order valence-corrected chi connectivity index (χ2v) is 5.69. The number of H-pyrrole nitrogens is 2. The summed E-state index contributed by atoms with van der Waals surface area (Å²) in [6.07, 6.45) is 3.70. The number of nitrogens with one attached hydrogen (secondary N) is 3. The zero-order valence-electron chi connectivity index (χ0n) is 11.1. The van der Waals surface area contributed by atoms with Crippen molar-refractivity contribution < 1.29 is 0 Å². The van der Waals surface area contributed by atoms with E-state index in [2.05, 4.69) is 37.2 Å². The van der Waals surface area contributed by atoms with Crippen LogP contribution in [0.3, 0.4) is 0 Å². The van der Waals surface area contributed by atoms with Gasteiger partial charge in [-0.05, 0) is 17.5 Å². The molecule has 0 saturated carbocycles. The number of rotatable bonds is 4. The van der Waals surface area contributed by atoms with Crippen LogP contribution in [-0.4, -0.2) is 20.4 Å². The Balaban J connectivity index is 1.61. The van der Waals surface area contributed by atoms with Crippen molar-refractivity contribution in [2.24, 2.45) is 0 Å². The predicted molar refractivity (Wildman–Crippen MR) is 85.3 cm³/mol. The van der Waals surface area contributed by atoms with Gasteiger partial charge in [0.15, 0.2) is 0 Å². The highest BCUT2D eigenvalue weighted by molar-refractivity contribution is 7.13. The minimum absolute atomic E-state index is 0.710. The second-order valence-electron chi connectivity index (χ2n) is 4.74. The lowest BCUT2D eigenvalue weighted by molar-refractivity contribution is 1.10. The molecule has 0 atom stereocenters. The molecule has 0 amide bonds. The van der Waals surface area contributed by atoms with Gasteiger partial charge < -0.3 is 5.32 Å². The topological polar surface area (TPSA) is 69.4 Å². The number of thiophene rings is 1. The number of para-hydroxylation sites is 1. The van der Waals surface area contributed by atoms with Gasteiger partial charge in [-0.25, -0.2) is 0 Å². The largest absolute Gasteiger partial charge is 0.379 e. The molecule has 0 bridgehead atoms. The molecule has 0 spiro atoms. The Morgan fingerprint density at radius 2 is 2.00 bits per heavy atom. The van der Waals surface area contributed by atoms with Gasteiger partial charge in [0.1, 0.15) is 0 Å². The summed E-state index contributed by atoms with van der Waals surface area (Å²) >= 11 is 1.71. The van der Waals surface area contributed by atoms with E-state index >= 15 is 0 Å². The Kier molecular flexibility index (Phi) is 2.93.